The van der Waals surface area contributed by atoms with Gasteiger partial charge in [0.25, 0.3) is 0 Å². The molecule has 6 nitrogen and oxygen atoms in total. The van der Waals surface area contributed by atoms with E-state index in [0.717, 1.165) is 0 Å². The van der Waals surface area contributed by atoms with E-state index in [-0.39, 0.29) is 12.5 Å². The zero-order valence-corrected chi connectivity index (χ0v) is 11.7. The Morgan fingerprint density at radius 1 is 1.29 bits per heavy atom. The van der Waals surface area contributed by atoms with Crippen molar-refractivity contribution < 1.29 is 24.9 Å². The van der Waals surface area contributed by atoms with Gasteiger partial charge in [-0.3, -0.25) is 9.59 Å². The predicted molar refractivity (Wildman–Crippen MR) is 74.6 cm³/mol. The molecule has 0 heterocycles. The minimum atomic E-state index is -1.25. The number of rotatable bonds is 6. The Balaban J connectivity index is 2.24. The van der Waals surface area contributed by atoms with Crippen molar-refractivity contribution in [1.29, 1.82) is 0 Å². The zero-order chi connectivity index (χ0) is 15.6. The van der Waals surface area contributed by atoms with Crippen LogP contribution in [0.2, 0.25) is 0 Å². The van der Waals surface area contributed by atoms with Crippen LogP contribution in [0, 0.1) is 0 Å². The molecule has 21 heavy (non-hydrogen) atoms. The van der Waals surface area contributed by atoms with Crippen molar-refractivity contribution in [3.63, 3.8) is 0 Å². The highest BCUT2D eigenvalue weighted by Crippen LogP contribution is 2.50. The molecule has 2 unspecified atom stereocenters. The number of benzene rings is 1. The molecule has 1 aliphatic carbocycles. The lowest BCUT2D eigenvalue weighted by Crippen LogP contribution is -2.35. The molecule has 0 aliphatic heterocycles. The molecule has 0 saturated heterocycles. The largest absolute Gasteiger partial charge is 0.481 e. The van der Waals surface area contributed by atoms with Crippen LogP contribution in [0.15, 0.2) is 24.3 Å². The van der Waals surface area contributed by atoms with Crippen LogP contribution in [-0.4, -0.2) is 39.8 Å². The summed E-state index contributed by atoms with van der Waals surface area (Å²) < 4.78 is 0. The maximum absolute atomic E-state index is 11.4. The van der Waals surface area contributed by atoms with Crippen molar-refractivity contribution in [2.24, 2.45) is 0 Å². The lowest BCUT2D eigenvalue weighted by atomic mass is 9.87. The smallest absolute Gasteiger partial charge is 0.314 e. The number of hydrogen-bond acceptors (Lipinski definition) is 4. The fourth-order valence-corrected chi connectivity index (χ4v) is 2.48. The molecule has 0 aromatic heterocycles. The van der Waals surface area contributed by atoms with Crippen LogP contribution in [0.4, 0.5) is 0 Å². The first-order chi connectivity index (χ1) is 9.88. The van der Waals surface area contributed by atoms with Crippen LogP contribution in [0.25, 0.3) is 0 Å². The first kappa shape index (κ1) is 15.5. The van der Waals surface area contributed by atoms with Crippen LogP contribution in [-0.2, 0) is 15.0 Å². The predicted octanol–water partition coefficient (Wildman–Crippen LogP) is 0.333. The molecule has 6 heteroatoms. The SMILES string of the molecule is CC(=O)NCC(O)C(O)c1ccccc1C1(C(=O)O)CC1. The molecule has 4 N–H and O–H groups in total. The maximum Gasteiger partial charge on any atom is 0.314 e. The van der Waals surface area contributed by atoms with E-state index in [1.54, 1.807) is 24.3 Å². The number of carboxylic acid groups (broad SMARTS) is 1. The van der Waals surface area contributed by atoms with Crippen molar-refractivity contribution in [3.8, 4) is 0 Å². The Morgan fingerprint density at radius 2 is 1.90 bits per heavy atom. The standard InChI is InChI=1S/C15H19NO5/c1-9(17)16-8-12(18)13(19)10-4-2-3-5-11(10)15(6-7-15)14(20)21/h2-5,12-13,18-19H,6-8H2,1H3,(H,16,17)(H,20,21). The highest BCUT2D eigenvalue weighted by atomic mass is 16.4. The highest BCUT2D eigenvalue weighted by Gasteiger charge is 2.53. The van der Waals surface area contributed by atoms with Gasteiger partial charge in [-0.2, -0.15) is 0 Å². The Hall–Kier alpha value is -1.92. The molecule has 0 spiro atoms. The van der Waals surface area contributed by atoms with Gasteiger partial charge >= 0.3 is 5.97 Å². The fourth-order valence-electron chi connectivity index (χ4n) is 2.48. The summed E-state index contributed by atoms with van der Waals surface area (Å²) in [6.07, 6.45) is -1.40. The van der Waals surface area contributed by atoms with Gasteiger partial charge in [0.2, 0.25) is 5.91 Å². The van der Waals surface area contributed by atoms with E-state index in [9.17, 15) is 24.9 Å². The molecule has 1 saturated carbocycles. The third-order valence-corrected chi connectivity index (χ3v) is 3.88. The maximum atomic E-state index is 11.4. The first-order valence-electron chi connectivity index (χ1n) is 6.82. The highest BCUT2D eigenvalue weighted by molar-refractivity contribution is 5.85. The molecule has 1 aliphatic rings. The van der Waals surface area contributed by atoms with Crippen molar-refractivity contribution in [2.75, 3.05) is 6.54 Å². The number of carboxylic acids is 1. The molecule has 2 atom stereocenters. The van der Waals surface area contributed by atoms with Crippen LogP contribution in [0.3, 0.4) is 0 Å². The Bertz CT molecular complexity index is 553. The minimum Gasteiger partial charge on any atom is -0.481 e. The van der Waals surface area contributed by atoms with Crippen LogP contribution >= 0.6 is 0 Å². The lowest BCUT2D eigenvalue weighted by molar-refractivity contribution is -0.140. The van der Waals surface area contributed by atoms with E-state index < -0.39 is 23.6 Å². The topological polar surface area (TPSA) is 107 Å². The van der Waals surface area contributed by atoms with E-state index in [0.29, 0.717) is 24.0 Å². The van der Waals surface area contributed by atoms with Crippen LogP contribution in [0.1, 0.15) is 37.0 Å². The fraction of sp³-hybridized carbons (Fsp3) is 0.467. The summed E-state index contributed by atoms with van der Waals surface area (Å²) in [4.78, 5) is 22.3. The second-order valence-electron chi connectivity index (χ2n) is 5.42. The second-order valence-corrected chi connectivity index (χ2v) is 5.42. The second kappa shape index (κ2) is 5.83. The van der Waals surface area contributed by atoms with Gasteiger partial charge in [-0.05, 0) is 24.0 Å². The molecular formula is C15H19NO5. The quantitative estimate of drug-likeness (QED) is 0.605. The zero-order valence-electron chi connectivity index (χ0n) is 11.7. The number of aliphatic hydroxyl groups is 2. The number of nitrogens with one attached hydrogen (secondary N) is 1. The van der Waals surface area contributed by atoms with Gasteiger partial charge in [-0.15, -0.1) is 0 Å². The van der Waals surface area contributed by atoms with E-state index in [2.05, 4.69) is 5.32 Å². The van der Waals surface area contributed by atoms with Crippen molar-refractivity contribution in [2.45, 2.75) is 37.4 Å². The summed E-state index contributed by atoms with van der Waals surface area (Å²) in [5.41, 5.74) is -0.0206. The Kier molecular flexibility index (Phi) is 4.29. The van der Waals surface area contributed by atoms with Gasteiger partial charge in [-0.25, -0.2) is 0 Å². The van der Waals surface area contributed by atoms with E-state index in [4.69, 9.17) is 0 Å². The van der Waals surface area contributed by atoms with Crippen molar-refractivity contribution >= 4 is 11.9 Å². The molecule has 2 rings (SSSR count). The Labute approximate surface area is 122 Å². The molecule has 0 radical (unpaired) electrons. The molecule has 1 amide bonds. The van der Waals surface area contributed by atoms with Gasteiger partial charge in [0, 0.05) is 13.5 Å². The number of aliphatic hydroxyl groups excluding tert-OH is 2. The summed E-state index contributed by atoms with van der Waals surface area (Å²) in [7, 11) is 0. The molecule has 0 bridgehead atoms. The van der Waals surface area contributed by atoms with Crippen LogP contribution in [0.5, 0.6) is 0 Å². The van der Waals surface area contributed by atoms with Crippen molar-refractivity contribution in [1.82, 2.24) is 5.32 Å². The summed E-state index contributed by atoms with van der Waals surface area (Å²) in [5, 5.41) is 32.0. The number of carbonyl (C=O) groups excluding carboxylic acids is 1. The number of amides is 1. The minimum absolute atomic E-state index is 0.0924. The number of aliphatic carboxylic acids is 1. The number of hydrogen-bond donors (Lipinski definition) is 4. The normalized spacial score (nSPS) is 18.6. The van der Waals surface area contributed by atoms with Crippen LogP contribution < -0.4 is 5.32 Å². The molecule has 1 aromatic carbocycles. The third kappa shape index (κ3) is 3.06. The molecule has 1 aromatic rings. The summed E-state index contributed by atoms with van der Waals surface area (Å²) in [5.74, 6) is -1.22. The van der Waals surface area contributed by atoms with Gasteiger partial charge in [0.1, 0.15) is 12.2 Å². The summed E-state index contributed by atoms with van der Waals surface area (Å²) >= 11 is 0. The van der Waals surface area contributed by atoms with Gasteiger partial charge in [-0.1, -0.05) is 24.3 Å². The molecule has 1 fully saturated rings. The monoisotopic (exact) mass is 293 g/mol. The van der Waals surface area contributed by atoms with Crippen molar-refractivity contribution in [3.05, 3.63) is 35.4 Å². The third-order valence-electron chi connectivity index (χ3n) is 3.88. The number of carbonyl (C=O) groups is 2. The van der Waals surface area contributed by atoms with E-state index >= 15 is 0 Å². The van der Waals surface area contributed by atoms with E-state index in [1.165, 1.54) is 6.92 Å². The van der Waals surface area contributed by atoms with E-state index in [1.807, 2.05) is 0 Å². The first-order valence-corrected chi connectivity index (χ1v) is 6.82. The summed E-state index contributed by atoms with van der Waals surface area (Å²) in [6.45, 7) is 1.22. The molecule has 114 valence electrons. The average molecular weight is 293 g/mol. The van der Waals surface area contributed by atoms with Gasteiger partial charge < -0.3 is 20.6 Å². The summed E-state index contributed by atoms with van der Waals surface area (Å²) in [6, 6.07) is 6.69. The average Bonchev–Trinajstić information content (AvgIpc) is 3.25. The lowest BCUT2D eigenvalue weighted by Gasteiger charge is -2.23. The molecular weight excluding hydrogens is 274 g/mol. The van der Waals surface area contributed by atoms with Gasteiger partial charge in [0.15, 0.2) is 0 Å². The van der Waals surface area contributed by atoms with Gasteiger partial charge in [0.05, 0.1) is 5.41 Å². The Morgan fingerprint density at radius 3 is 2.43 bits per heavy atom.